The number of aromatic nitrogens is 2. The van der Waals surface area contributed by atoms with Gasteiger partial charge < -0.3 is 5.73 Å². The van der Waals surface area contributed by atoms with Gasteiger partial charge in [0.05, 0.1) is 21.3 Å². The van der Waals surface area contributed by atoms with Crippen molar-refractivity contribution >= 4 is 29.0 Å². The Kier molecular flexibility index (Phi) is 3.65. The molecule has 2 aromatic rings. The monoisotopic (exact) mass is 309 g/mol. The number of anilines is 1. The minimum atomic E-state index is 0.459. The van der Waals surface area contributed by atoms with E-state index in [1.807, 2.05) is 25.2 Å². The SMILES string of the molecule is Cn1nc(C2CCCC2)c(-c2c(Cl)cccc2Cl)c1N. The minimum Gasteiger partial charge on any atom is -0.383 e. The Balaban J connectivity index is 2.22. The fourth-order valence-electron chi connectivity index (χ4n) is 3.04. The van der Waals surface area contributed by atoms with E-state index >= 15 is 0 Å². The third-order valence-electron chi connectivity index (χ3n) is 4.07. The highest BCUT2D eigenvalue weighted by Crippen LogP contribution is 2.45. The van der Waals surface area contributed by atoms with Crippen LogP contribution in [0.4, 0.5) is 5.82 Å². The largest absolute Gasteiger partial charge is 0.383 e. The summed E-state index contributed by atoms with van der Waals surface area (Å²) in [6, 6.07) is 5.53. The molecular weight excluding hydrogens is 293 g/mol. The van der Waals surface area contributed by atoms with Crippen molar-refractivity contribution in [2.45, 2.75) is 31.6 Å². The van der Waals surface area contributed by atoms with Gasteiger partial charge in [0.15, 0.2) is 0 Å². The summed E-state index contributed by atoms with van der Waals surface area (Å²) in [5.41, 5.74) is 8.98. The molecule has 3 rings (SSSR count). The zero-order valence-corrected chi connectivity index (χ0v) is 12.9. The van der Waals surface area contributed by atoms with Crippen LogP contribution in [0.5, 0.6) is 0 Å². The molecule has 1 aromatic heterocycles. The quantitative estimate of drug-likeness (QED) is 0.878. The molecule has 0 aliphatic heterocycles. The van der Waals surface area contributed by atoms with E-state index < -0.39 is 0 Å². The number of hydrogen-bond donors (Lipinski definition) is 1. The Hall–Kier alpha value is -1.19. The topological polar surface area (TPSA) is 43.8 Å². The van der Waals surface area contributed by atoms with E-state index in [0.717, 1.165) is 29.7 Å². The van der Waals surface area contributed by atoms with Crippen molar-refractivity contribution in [3.63, 3.8) is 0 Å². The van der Waals surface area contributed by atoms with Gasteiger partial charge in [-0.3, -0.25) is 4.68 Å². The standard InChI is InChI=1S/C15H17Cl2N3/c1-20-15(18)13(12-10(16)7-4-8-11(12)17)14(19-20)9-5-2-3-6-9/h4,7-9H,2-3,5-6,18H2,1H3. The van der Waals surface area contributed by atoms with Gasteiger partial charge in [-0.1, -0.05) is 42.1 Å². The lowest BCUT2D eigenvalue weighted by Crippen LogP contribution is -1.98. The number of hydrogen-bond acceptors (Lipinski definition) is 2. The smallest absolute Gasteiger partial charge is 0.129 e. The molecule has 5 heteroatoms. The van der Waals surface area contributed by atoms with Crippen LogP contribution >= 0.6 is 23.2 Å². The molecule has 3 nitrogen and oxygen atoms in total. The third-order valence-corrected chi connectivity index (χ3v) is 4.70. The Bertz CT molecular complexity index is 623. The lowest BCUT2D eigenvalue weighted by molar-refractivity contribution is 0.661. The first-order chi connectivity index (χ1) is 9.59. The molecule has 2 N–H and O–H groups in total. The van der Waals surface area contributed by atoms with Gasteiger partial charge >= 0.3 is 0 Å². The summed E-state index contributed by atoms with van der Waals surface area (Å²) < 4.78 is 1.72. The molecule has 20 heavy (non-hydrogen) atoms. The molecular formula is C15H17Cl2N3. The van der Waals surface area contributed by atoms with E-state index in [-0.39, 0.29) is 0 Å². The van der Waals surface area contributed by atoms with Crippen molar-refractivity contribution in [2.24, 2.45) is 7.05 Å². The van der Waals surface area contributed by atoms with E-state index in [1.165, 1.54) is 12.8 Å². The highest BCUT2D eigenvalue weighted by Gasteiger charge is 2.28. The van der Waals surface area contributed by atoms with Crippen molar-refractivity contribution in [3.05, 3.63) is 33.9 Å². The van der Waals surface area contributed by atoms with Crippen LogP contribution < -0.4 is 5.73 Å². The molecule has 1 fully saturated rings. The molecule has 0 spiro atoms. The van der Waals surface area contributed by atoms with Gasteiger partial charge in [-0.25, -0.2) is 0 Å². The number of nitrogen functional groups attached to an aromatic ring is 1. The zero-order chi connectivity index (χ0) is 14.3. The van der Waals surface area contributed by atoms with E-state index in [2.05, 4.69) is 5.10 Å². The first-order valence-corrected chi connectivity index (χ1v) is 7.62. The van der Waals surface area contributed by atoms with Gasteiger partial charge in [-0.2, -0.15) is 5.10 Å². The summed E-state index contributed by atoms with van der Waals surface area (Å²) in [5.74, 6) is 1.09. The van der Waals surface area contributed by atoms with Crippen LogP contribution in [0, 0.1) is 0 Å². The number of nitrogens with two attached hydrogens (primary N) is 1. The van der Waals surface area contributed by atoms with Crippen LogP contribution in [-0.4, -0.2) is 9.78 Å². The number of nitrogens with zero attached hydrogens (tertiary/aromatic N) is 2. The minimum absolute atomic E-state index is 0.459. The molecule has 106 valence electrons. The second-order valence-electron chi connectivity index (χ2n) is 5.35. The van der Waals surface area contributed by atoms with Gasteiger partial charge in [-0.15, -0.1) is 0 Å². The van der Waals surface area contributed by atoms with Crippen LogP contribution in [0.1, 0.15) is 37.3 Å². The lowest BCUT2D eigenvalue weighted by atomic mass is 9.95. The maximum absolute atomic E-state index is 6.35. The molecule has 0 amide bonds. The predicted octanol–water partition coefficient (Wildman–Crippen LogP) is 4.63. The second-order valence-corrected chi connectivity index (χ2v) is 6.16. The van der Waals surface area contributed by atoms with Crippen molar-refractivity contribution < 1.29 is 0 Å². The van der Waals surface area contributed by atoms with Crippen molar-refractivity contribution in [2.75, 3.05) is 5.73 Å². The summed E-state index contributed by atoms with van der Waals surface area (Å²) in [6.07, 6.45) is 4.81. The highest BCUT2D eigenvalue weighted by molar-refractivity contribution is 6.39. The summed E-state index contributed by atoms with van der Waals surface area (Å²) in [4.78, 5) is 0. The molecule has 0 saturated heterocycles. The fourth-order valence-corrected chi connectivity index (χ4v) is 3.62. The molecule has 0 radical (unpaired) electrons. The van der Waals surface area contributed by atoms with Gasteiger partial charge in [-0.05, 0) is 25.0 Å². The normalized spacial score (nSPS) is 15.9. The van der Waals surface area contributed by atoms with Crippen molar-refractivity contribution in [3.8, 4) is 11.1 Å². The van der Waals surface area contributed by atoms with E-state index in [4.69, 9.17) is 28.9 Å². The Morgan fingerprint density at radius 3 is 2.35 bits per heavy atom. The molecule has 1 heterocycles. The van der Waals surface area contributed by atoms with Gasteiger partial charge in [0, 0.05) is 18.5 Å². The van der Waals surface area contributed by atoms with Crippen molar-refractivity contribution in [1.29, 1.82) is 0 Å². The zero-order valence-electron chi connectivity index (χ0n) is 11.4. The lowest BCUT2D eigenvalue weighted by Gasteiger charge is -2.12. The Morgan fingerprint density at radius 2 is 1.75 bits per heavy atom. The van der Waals surface area contributed by atoms with Crippen LogP contribution in [0.25, 0.3) is 11.1 Å². The maximum Gasteiger partial charge on any atom is 0.129 e. The summed E-state index contributed by atoms with van der Waals surface area (Å²) >= 11 is 12.7. The molecule has 1 aliphatic rings. The van der Waals surface area contributed by atoms with Gasteiger partial charge in [0.2, 0.25) is 0 Å². The number of halogens is 2. The van der Waals surface area contributed by atoms with Crippen LogP contribution in [-0.2, 0) is 7.05 Å². The number of aryl methyl sites for hydroxylation is 1. The molecule has 1 aliphatic carbocycles. The molecule has 1 aromatic carbocycles. The number of rotatable bonds is 2. The summed E-state index contributed by atoms with van der Waals surface area (Å²) in [5, 5.41) is 5.87. The molecule has 0 unspecified atom stereocenters. The predicted molar refractivity (Wildman–Crippen MR) is 84.3 cm³/mol. The average Bonchev–Trinajstić information content (AvgIpc) is 3.01. The molecule has 0 bridgehead atoms. The first-order valence-electron chi connectivity index (χ1n) is 6.86. The average molecular weight is 310 g/mol. The van der Waals surface area contributed by atoms with E-state index in [0.29, 0.717) is 21.8 Å². The second kappa shape index (κ2) is 5.30. The maximum atomic E-state index is 6.35. The van der Waals surface area contributed by atoms with E-state index in [9.17, 15) is 0 Å². The van der Waals surface area contributed by atoms with Gasteiger partial charge in [0.1, 0.15) is 5.82 Å². The highest BCUT2D eigenvalue weighted by atomic mass is 35.5. The first kappa shape index (κ1) is 13.8. The molecule has 1 saturated carbocycles. The summed E-state index contributed by atoms with van der Waals surface area (Å²) in [6.45, 7) is 0. The Labute approximate surface area is 128 Å². The van der Waals surface area contributed by atoms with Crippen molar-refractivity contribution in [1.82, 2.24) is 9.78 Å². The summed E-state index contributed by atoms with van der Waals surface area (Å²) in [7, 11) is 1.86. The van der Waals surface area contributed by atoms with Crippen LogP contribution in [0.2, 0.25) is 10.0 Å². The Morgan fingerprint density at radius 1 is 1.15 bits per heavy atom. The third kappa shape index (κ3) is 2.19. The number of benzene rings is 1. The molecule has 0 atom stereocenters. The van der Waals surface area contributed by atoms with Crippen LogP contribution in [0.15, 0.2) is 18.2 Å². The van der Waals surface area contributed by atoms with Gasteiger partial charge in [0.25, 0.3) is 0 Å². The fraction of sp³-hybridized carbons (Fsp3) is 0.400. The van der Waals surface area contributed by atoms with E-state index in [1.54, 1.807) is 4.68 Å². The van der Waals surface area contributed by atoms with Crippen LogP contribution in [0.3, 0.4) is 0 Å².